The summed E-state index contributed by atoms with van der Waals surface area (Å²) in [5.41, 5.74) is 0.704. The fourth-order valence-electron chi connectivity index (χ4n) is 1.28. The second-order valence-corrected chi connectivity index (χ2v) is 2.87. The Morgan fingerprint density at radius 2 is 2.13 bits per heavy atom. The van der Waals surface area contributed by atoms with Crippen LogP contribution in [0.4, 0.5) is 0 Å². The minimum atomic E-state index is -0.413. The van der Waals surface area contributed by atoms with E-state index in [1.54, 1.807) is 13.0 Å². The molecule has 2 aromatic rings. The zero-order chi connectivity index (χ0) is 9.97. The van der Waals surface area contributed by atoms with Crippen LogP contribution in [0.5, 0.6) is 0 Å². The van der Waals surface area contributed by atoms with Crippen molar-refractivity contribution in [2.24, 2.45) is 0 Å². The maximum Gasteiger partial charge on any atom is 0.374 e. The Kier molecular flexibility index (Phi) is 3.74. The Hall–Kier alpha value is -1.48. The highest BCUT2D eigenvalue weighted by molar-refractivity contribution is 5.92. The Labute approximate surface area is 93.4 Å². The standard InChI is InChI=1S/C11H10O3.ClH/c1-2-13-11(12)10-7-8-5-3-4-6-9(8)14-10;/h3-7H,2H2,1H3;1H. The van der Waals surface area contributed by atoms with Gasteiger partial charge in [0.1, 0.15) is 5.58 Å². The Balaban J connectivity index is 0.00000112. The van der Waals surface area contributed by atoms with Crippen LogP contribution in [0.15, 0.2) is 34.7 Å². The van der Waals surface area contributed by atoms with Gasteiger partial charge in [-0.15, -0.1) is 12.4 Å². The summed E-state index contributed by atoms with van der Waals surface area (Å²) in [6.45, 7) is 2.12. The van der Waals surface area contributed by atoms with Crippen molar-refractivity contribution < 1.29 is 13.9 Å². The lowest BCUT2D eigenvalue weighted by atomic mass is 10.2. The molecule has 0 spiro atoms. The van der Waals surface area contributed by atoms with Gasteiger partial charge in [0.15, 0.2) is 0 Å². The van der Waals surface area contributed by atoms with Crippen molar-refractivity contribution in [3.8, 4) is 0 Å². The van der Waals surface area contributed by atoms with E-state index >= 15 is 0 Å². The maximum atomic E-state index is 11.3. The summed E-state index contributed by atoms with van der Waals surface area (Å²) < 4.78 is 10.1. The number of esters is 1. The molecular formula is C11H11ClO3. The zero-order valence-corrected chi connectivity index (χ0v) is 9.04. The molecule has 0 unspecified atom stereocenters. The minimum absolute atomic E-state index is 0. The van der Waals surface area contributed by atoms with E-state index in [1.807, 2.05) is 24.3 Å². The summed E-state index contributed by atoms with van der Waals surface area (Å²) in [6.07, 6.45) is 0. The molecule has 0 atom stereocenters. The molecule has 0 saturated carbocycles. The van der Waals surface area contributed by atoms with Crippen LogP contribution < -0.4 is 0 Å². The largest absolute Gasteiger partial charge is 0.460 e. The third-order valence-electron chi connectivity index (χ3n) is 1.90. The molecule has 0 aliphatic rings. The smallest absolute Gasteiger partial charge is 0.374 e. The van der Waals surface area contributed by atoms with Crippen LogP contribution in [-0.2, 0) is 4.74 Å². The highest BCUT2D eigenvalue weighted by Crippen LogP contribution is 2.19. The lowest BCUT2D eigenvalue weighted by molar-refractivity contribution is 0.0492. The topological polar surface area (TPSA) is 39.4 Å². The molecule has 0 N–H and O–H groups in total. The van der Waals surface area contributed by atoms with Crippen molar-refractivity contribution in [2.75, 3.05) is 6.61 Å². The fourth-order valence-corrected chi connectivity index (χ4v) is 1.28. The molecule has 1 heterocycles. The first kappa shape index (κ1) is 11.6. The first-order valence-electron chi connectivity index (χ1n) is 4.47. The summed E-state index contributed by atoms with van der Waals surface area (Å²) in [4.78, 5) is 11.3. The molecule has 15 heavy (non-hydrogen) atoms. The summed E-state index contributed by atoms with van der Waals surface area (Å²) in [5, 5.41) is 0.913. The molecule has 0 aliphatic carbocycles. The predicted molar refractivity (Wildman–Crippen MR) is 59.4 cm³/mol. The van der Waals surface area contributed by atoms with Crippen molar-refractivity contribution >= 4 is 29.3 Å². The maximum absolute atomic E-state index is 11.3. The van der Waals surface area contributed by atoms with Crippen molar-refractivity contribution in [2.45, 2.75) is 6.92 Å². The van der Waals surface area contributed by atoms with Crippen molar-refractivity contribution in [3.63, 3.8) is 0 Å². The van der Waals surface area contributed by atoms with Gasteiger partial charge in [0.2, 0.25) is 5.76 Å². The summed E-state index contributed by atoms with van der Waals surface area (Å²) in [6, 6.07) is 9.15. The average molecular weight is 227 g/mol. The Bertz CT molecular complexity index is 429. The third-order valence-corrected chi connectivity index (χ3v) is 1.90. The van der Waals surface area contributed by atoms with Crippen LogP contribution in [0, 0.1) is 0 Å². The highest BCUT2D eigenvalue weighted by Gasteiger charge is 2.11. The number of ether oxygens (including phenoxy) is 1. The SMILES string of the molecule is CCOC(=O)c1cc2ccccc2o1.Cl. The molecular weight excluding hydrogens is 216 g/mol. The van der Waals surface area contributed by atoms with Crippen LogP contribution in [0.1, 0.15) is 17.5 Å². The number of rotatable bonds is 2. The van der Waals surface area contributed by atoms with E-state index in [-0.39, 0.29) is 18.2 Å². The first-order chi connectivity index (χ1) is 6.81. The molecule has 0 bridgehead atoms. The van der Waals surface area contributed by atoms with E-state index in [4.69, 9.17) is 9.15 Å². The van der Waals surface area contributed by atoms with Crippen LogP contribution in [0.2, 0.25) is 0 Å². The molecule has 0 amide bonds. The minimum Gasteiger partial charge on any atom is -0.460 e. The van der Waals surface area contributed by atoms with E-state index in [9.17, 15) is 4.79 Å². The molecule has 1 aromatic carbocycles. The molecule has 0 aliphatic heterocycles. The lowest BCUT2D eigenvalue weighted by Gasteiger charge is -1.95. The number of hydrogen-bond acceptors (Lipinski definition) is 3. The number of carbonyl (C=O) groups is 1. The molecule has 80 valence electrons. The van der Waals surface area contributed by atoms with Crippen LogP contribution in [-0.4, -0.2) is 12.6 Å². The molecule has 3 nitrogen and oxygen atoms in total. The average Bonchev–Trinajstić information content (AvgIpc) is 2.61. The molecule has 0 radical (unpaired) electrons. The number of halogens is 1. The number of para-hydroxylation sites is 1. The second-order valence-electron chi connectivity index (χ2n) is 2.87. The summed E-state index contributed by atoms with van der Waals surface area (Å²) in [5.74, 6) is -0.156. The third kappa shape index (κ3) is 2.30. The van der Waals surface area contributed by atoms with Crippen molar-refractivity contribution in [3.05, 3.63) is 36.1 Å². The fraction of sp³-hybridized carbons (Fsp3) is 0.182. The molecule has 4 heteroatoms. The van der Waals surface area contributed by atoms with Gasteiger partial charge in [-0.05, 0) is 19.1 Å². The lowest BCUT2D eigenvalue weighted by Crippen LogP contribution is -2.02. The van der Waals surface area contributed by atoms with Gasteiger partial charge < -0.3 is 9.15 Å². The van der Waals surface area contributed by atoms with Crippen molar-refractivity contribution in [1.29, 1.82) is 0 Å². The quantitative estimate of drug-likeness (QED) is 0.739. The number of carbonyl (C=O) groups excluding carboxylic acids is 1. The second kappa shape index (κ2) is 4.84. The monoisotopic (exact) mass is 226 g/mol. The van der Waals surface area contributed by atoms with Gasteiger partial charge in [0.25, 0.3) is 0 Å². The van der Waals surface area contributed by atoms with Crippen LogP contribution in [0.25, 0.3) is 11.0 Å². The van der Waals surface area contributed by atoms with Gasteiger partial charge in [0, 0.05) is 5.39 Å². The number of hydrogen-bond donors (Lipinski definition) is 0. The summed E-state index contributed by atoms with van der Waals surface area (Å²) in [7, 11) is 0. The Morgan fingerprint density at radius 1 is 1.40 bits per heavy atom. The van der Waals surface area contributed by atoms with Crippen molar-refractivity contribution in [1.82, 2.24) is 0 Å². The zero-order valence-electron chi connectivity index (χ0n) is 8.23. The molecule has 2 rings (SSSR count). The van der Waals surface area contributed by atoms with Gasteiger partial charge >= 0.3 is 5.97 Å². The van der Waals surface area contributed by atoms with Gasteiger partial charge in [-0.2, -0.15) is 0 Å². The van der Waals surface area contributed by atoms with Gasteiger partial charge in [-0.3, -0.25) is 0 Å². The summed E-state index contributed by atoms with van der Waals surface area (Å²) >= 11 is 0. The number of furan rings is 1. The van der Waals surface area contributed by atoms with E-state index < -0.39 is 5.97 Å². The van der Waals surface area contributed by atoms with Gasteiger partial charge in [-0.25, -0.2) is 4.79 Å². The first-order valence-corrected chi connectivity index (χ1v) is 4.47. The van der Waals surface area contributed by atoms with E-state index in [1.165, 1.54) is 0 Å². The van der Waals surface area contributed by atoms with Gasteiger partial charge in [-0.1, -0.05) is 18.2 Å². The van der Waals surface area contributed by atoms with Gasteiger partial charge in [0.05, 0.1) is 6.61 Å². The van der Waals surface area contributed by atoms with Crippen LogP contribution in [0.3, 0.4) is 0 Å². The molecule has 1 aromatic heterocycles. The van der Waals surface area contributed by atoms with E-state index in [2.05, 4.69) is 0 Å². The predicted octanol–water partition coefficient (Wildman–Crippen LogP) is 3.03. The van der Waals surface area contributed by atoms with E-state index in [0.717, 1.165) is 5.39 Å². The highest BCUT2D eigenvalue weighted by atomic mass is 35.5. The normalized spacial score (nSPS) is 9.67. The van der Waals surface area contributed by atoms with Crippen LogP contribution >= 0.6 is 12.4 Å². The number of fused-ring (bicyclic) bond motifs is 1. The molecule has 0 fully saturated rings. The Morgan fingerprint density at radius 3 is 2.80 bits per heavy atom. The number of benzene rings is 1. The molecule has 0 saturated heterocycles. The van der Waals surface area contributed by atoms with E-state index in [0.29, 0.717) is 12.2 Å².